The Kier molecular flexibility index (Phi) is 4.73. The molecule has 4 heteroatoms. The van der Waals surface area contributed by atoms with Gasteiger partial charge in [-0.25, -0.2) is 4.79 Å². The summed E-state index contributed by atoms with van der Waals surface area (Å²) >= 11 is 0. The number of nitrogens with zero attached hydrogens (tertiary/aromatic N) is 1. The Labute approximate surface area is 108 Å². The maximum absolute atomic E-state index is 11.5. The van der Waals surface area contributed by atoms with E-state index in [2.05, 4.69) is 18.6 Å². The van der Waals surface area contributed by atoms with Crippen LogP contribution in [0.5, 0.6) is 0 Å². The van der Waals surface area contributed by atoms with Crippen molar-refractivity contribution in [1.82, 2.24) is 0 Å². The first-order chi connectivity index (χ1) is 8.38. The highest BCUT2D eigenvalue weighted by Gasteiger charge is 2.22. The number of hydrogen-bond acceptors (Lipinski definition) is 4. The molecular weight excluding hydrogens is 230 g/mol. The molecule has 1 aromatic rings. The summed E-state index contributed by atoms with van der Waals surface area (Å²) in [4.78, 5) is 13.3. The molecule has 0 heterocycles. The van der Waals surface area contributed by atoms with Crippen molar-refractivity contribution in [2.24, 2.45) is 0 Å². The van der Waals surface area contributed by atoms with Crippen molar-refractivity contribution < 1.29 is 14.6 Å². The summed E-state index contributed by atoms with van der Waals surface area (Å²) in [6, 6.07) is 5.78. The third kappa shape index (κ3) is 3.01. The maximum Gasteiger partial charge on any atom is 0.339 e. The van der Waals surface area contributed by atoms with Crippen LogP contribution in [-0.2, 0) is 9.53 Å². The van der Waals surface area contributed by atoms with E-state index in [-0.39, 0.29) is 0 Å². The molecule has 0 aliphatic rings. The van der Waals surface area contributed by atoms with Gasteiger partial charge in [0.15, 0.2) is 6.10 Å². The molecule has 1 rings (SSSR count). The second kappa shape index (κ2) is 5.87. The third-order valence-electron chi connectivity index (χ3n) is 2.92. The summed E-state index contributed by atoms with van der Waals surface area (Å²) in [5, 5.41) is 10.0. The van der Waals surface area contributed by atoms with Gasteiger partial charge in [0.1, 0.15) is 0 Å². The summed E-state index contributed by atoms with van der Waals surface area (Å²) in [6.45, 7) is 4.14. The number of carbonyl (C=O) groups excluding carboxylic acids is 1. The Hall–Kier alpha value is -1.55. The molecular formula is C14H21NO3. The largest absolute Gasteiger partial charge is 0.467 e. The highest BCUT2D eigenvalue weighted by molar-refractivity contribution is 5.79. The predicted molar refractivity (Wildman–Crippen MR) is 71.8 cm³/mol. The molecule has 0 radical (unpaired) electrons. The molecule has 0 aliphatic heterocycles. The molecule has 0 fully saturated rings. The van der Waals surface area contributed by atoms with E-state index in [1.807, 2.05) is 37.2 Å². The number of aliphatic hydroxyl groups is 1. The van der Waals surface area contributed by atoms with Gasteiger partial charge in [0.25, 0.3) is 0 Å². The minimum absolute atomic E-state index is 0.338. The van der Waals surface area contributed by atoms with Gasteiger partial charge in [0, 0.05) is 25.3 Å². The van der Waals surface area contributed by atoms with Gasteiger partial charge in [0.2, 0.25) is 0 Å². The fraction of sp³-hybridized carbons (Fsp3) is 0.500. The van der Waals surface area contributed by atoms with Crippen LogP contribution in [0.4, 0.5) is 5.69 Å². The molecule has 1 aromatic carbocycles. The van der Waals surface area contributed by atoms with Gasteiger partial charge in [-0.2, -0.15) is 0 Å². The third-order valence-corrected chi connectivity index (χ3v) is 2.92. The molecule has 4 nitrogen and oxygen atoms in total. The monoisotopic (exact) mass is 251 g/mol. The maximum atomic E-state index is 11.5. The Balaban J connectivity index is 3.27. The highest BCUT2D eigenvalue weighted by Crippen LogP contribution is 2.29. The predicted octanol–water partition coefficient (Wildman–Crippen LogP) is 2.08. The molecule has 1 N–H and O–H groups in total. The standard InChI is InChI=1S/C14H21NO3/c1-9(2)10-6-7-12(15(3)4)11(8-10)13(16)14(17)18-5/h6-9,13,16H,1-5H3. The van der Waals surface area contributed by atoms with E-state index in [9.17, 15) is 9.90 Å². The number of aliphatic hydroxyl groups excluding tert-OH is 1. The minimum atomic E-state index is -1.24. The van der Waals surface area contributed by atoms with Crippen molar-refractivity contribution in [3.8, 4) is 0 Å². The normalized spacial score (nSPS) is 12.4. The summed E-state index contributed by atoms with van der Waals surface area (Å²) in [5.41, 5.74) is 2.48. The molecule has 0 aliphatic carbocycles. The summed E-state index contributed by atoms with van der Waals surface area (Å²) < 4.78 is 4.59. The number of hydrogen-bond donors (Lipinski definition) is 1. The van der Waals surface area contributed by atoms with Gasteiger partial charge in [-0.15, -0.1) is 0 Å². The number of carbonyl (C=O) groups is 1. The number of anilines is 1. The molecule has 0 spiro atoms. The van der Waals surface area contributed by atoms with E-state index in [1.165, 1.54) is 7.11 Å². The van der Waals surface area contributed by atoms with Gasteiger partial charge in [-0.05, 0) is 17.5 Å². The summed E-state index contributed by atoms with van der Waals surface area (Å²) in [7, 11) is 5.02. The zero-order chi connectivity index (χ0) is 13.9. The van der Waals surface area contributed by atoms with Crippen LogP contribution in [-0.4, -0.2) is 32.3 Å². The summed E-state index contributed by atoms with van der Waals surface area (Å²) in [5.74, 6) is -0.302. The lowest BCUT2D eigenvalue weighted by atomic mass is 9.97. The SMILES string of the molecule is COC(=O)C(O)c1cc(C(C)C)ccc1N(C)C. The number of benzene rings is 1. The van der Waals surface area contributed by atoms with Crippen LogP contribution in [0.25, 0.3) is 0 Å². The first-order valence-corrected chi connectivity index (χ1v) is 5.95. The minimum Gasteiger partial charge on any atom is -0.467 e. The smallest absolute Gasteiger partial charge is 0.339 e. The van der Waals surface area contributed by atoms with Crippen LogP contribution in [0.3, 0.4) is 0 Å². The second-order valence-electron chi connectivity index (χ2n) is 4.79. The van der Waals surface area contributed by atoms with Crippen molar-refractivity contribution in [3.63, 3.8) is 0 Å². The van der Waals surface area contributed by atoms with Crippen LogP contribution in [0.2, 0.25) is 0 Å². The molecule has 1 atom stereocenters. The Morgan fingerprint density at radius 2 is 1.94 bits per heavy atom. The average Bonchev–Trinajstić information content (AvgIpc) is 2.35. The second-order valence-corrected chi connectivity index (χ2v) is 4.79. The van der Waals surface area contributed by atoms with E-state index in [4.69, 9.17) is 0 Å². The molecule has 0 aromatic heterocycles. The van der Waals surface area contributed by atoms with Crippen molar-refractivity contribution in [2.45, 2.75) is 25.9 Å². The van der Waals surface area contributed by atoms with Gasteiger partial charge in [0.05, 0.1) is 7.11 Å². The Morgan fingerprint density at radius 3 is 2.39 bits per heavy atom. The molecule has 0 bridgehead atoms. The molecule has 100 valence electrons. The van der Waals surface area contributed by atoms with E-state index in [0.717, 1.165) is 11.3 Å². The van der Waals surface area contributed by atoms with Crippen LogP contribution < -0.4 is 4.90 Å². The number of methoxy groups -OCH3 is 1. The van der Waals surface area contributed by atoms with E-state index in [0.29, 0.717) is 11.5 Å². The Bertz CT molecular complexity index is 427. The van der Waals surface area contributed by atoms with Gasteiger partial charge >= 0.3 is 5.97 Å². The van der Waals surface area contributed by atoms with Crippen LogP contribution in [0.15, 0.2) is 18.2 Å². The molecule has 18 heavy (non-hydrogen) atoms. The molecule has 1 unspecified atom stereocenters. The fourth-order valence-corrected chi connectivity index (χ4v) is 1.80. The summed E-state index contributed by atoms with van der Waals surface area (Å²) in [6.07, 6.45) is -1.24. The quantitative estimate of drug-likeness (QED) is 0.832. The first-order valence-electron chi connectivity index (χ1n) is 5.95. The molecule has 0 amide bonds. The lowest BCUT2D eigenvalue weighted by Gasteiger charge is -2.21. The highest BCUT2D eigenvalue weighted by atomic mass is 16.5. The van der Waals surface area contributed by atoms with Crippen LogP contribution >= 0.6 is 0 Å². The first kappa shape index (κ1) is 14.5. The van der Waals surface area contributed by atoms with Crippen molar-refractivity contribution >= 4 is 11.7 Å². The molecule has 0 saturated heterocycles. The Morgan fingerprint density at radius 1 is 1.33 bits per heavy atom. The zero-order valence-corrected chi connectivity index (χ0v) is 11.6. The lowest BCUT2D eigenvalue weighted by Crippen LogP contribution is -2.19. The number of ether oxygens (including phenoxy) is 1. The van der Waals surface area contributed by atoms with Gasteiger partial charge < -0.3 is 14.7 Å². The van der Waals surface area contributed by atoms with Crippen molar-refractivity contribution in [3.05, 3.63) is 29.3 Å². The fourth-order valence-electron chi connectivity index (χ4n) is 1.80. The van der Waals surface area contributed by atoms with Gasteiger partial charge in [-0.1, -0.05) is 26.0 Å². The lowest BCUT2D eigenvalue weighted by molar-refractivity contribution is -0.150. The van der Waals surface area contributed by atoms with Crippen molar-refractivity contribution in [2.75, 3.05) is 26.1 Å². The van der Waals surface area contributed by atoms with E-state index >= 15 is 0 Å². The van der Waals surface area contributed by atoms with Crippen LogP contribution in [0.1, 0.15) is 37.0 Å². The van der Waals surface area contributed by atoms with Gasteiger partial charge in [-0.3, -0.25) is 0 Å². The van der Waals surface area contributed by atoms with E-state index in [1.54, 1.807) is 0 Å². The number of esters is 1. The topological polar surface area (TPSA) is 49.8 Å². The zero-order valence-electron chi connectivity index (χ0n) is 11.6. The van der Waals surface area contributed by atoms with Crippen molar-refractivity contribution in [1.29, 1.82) is 0 Å². The average molecular weight is 251 g/mol. The number of rotatable bonds is 4. The van der Waals surface area contributed by atoms with E-state index < -0.39 is 12.1 Å². The molecule has 0 saturated carbocycles. The van der Waals surface area contributed by atoms with Crippen LogP contribution in [0, 0.1) is 0 Å².